The maximum atomic E-state index is 5.23. The molecular weight excluding hydrogens is 160 g/mol. The minimum absolute atomic E-state index is 0.714. The second-order valence-corrected chi connectivity index (χ2v) is 3.52. The van der Waals surface area contributed by atoms with Crippen molar-refractivity contribution >= 4 is 0 Å². The molecule has 0 bridgehead atoms. The zero-order chi connectivity index (χ0) is 10.1. The minimum atomic E-state index is 0.714. The van der Waals surface area contributed by atoms with Gasteiger partial charge in [-0.3, -0.25) is 0 Å². The number of allylic oxidation sites excluding steroid dienone is 3. The van der Waals surface area contributed by atoms with Crippen molar-refractivity contribution in [2.45, 2.75) is 39.5 Å². The van der Waals surface area contributed by atoms with Gasteiger partial charge in [-0.05, 0) is 12.0 Å². The van der Waals surface area contributed by atoms with Crippen molar-refractivity contribution in [3.8, 4) is 0 Å². The lowest BCUT2D eigenvalue weighted by Gasteiger charge is -2.12. The van der Waals surface area contributed by atoms with Crippen LogP contribution in [0.5, 0.6) is 0 Å². The molecule has 1 nitrogen and oxygen atoms in total. The van der Waals surface area contributed by atoms with Crippen LogP contribution in [0.2, 0.25) is 0 Å². The number of rotatable bonds is 7. The molecule has 0 radical (unpaired) electrons. The monoisotopic (exact) mass is 182 g/mol. The maximum absolute atomic E-state index is 5.23. The highest BCUT2D eigenvalue weighted by Gasteiger charge is 2.04. The second-order valence-electron chi connectivity index (χ2n) is 3.52. The van der Waals surface area contributed by atoms with E-state index in [0.29, 0.717) is 5.92 Å². The van der Waals surface area contributed by atoms with Crippen LogP contribution in [0.25, 0.3) is 0 Å². The van der Waals surface area contributed by atoms with Gasteiger partial charge in [-0.25, -0.2) is 0 Å². The first-order valence-electron chi connectivity index (χ1n) is 5.10. The molecule has 13 heavy (non-hydrogen) atoms. The van der Waals surface area contributed by atoms with E-state index in [-0.39, 0.29) is 0 Å². The standard InChI is InChI=1S/C12H22O/c1-5-7-9-11(3)10-12(13-4)8-6-2/h6,8,11H,2,5,7,9-10H2,1,3-4H3/b12-8-. The number of hydrogen-bond acceptors (Lipinski definition) is 1. The van der Waals surface area contributed by atoms with Crippen LogP contribution in [0.3, 0.4) is 0 Å². The molecule has 1 unspecified atom stereocenters. The summed E-state index contributed by atoms with van der Waals surface area (Å²) in [4.78, 5) is 0. The molecule has 0 rings (SSSR count). The molecule has 1 heteroatoms. The van der Waals surface area contributed by atoms with Crippen LogP contribution in [-0.4, -0.2) is 7.11 Å². The lowest BCUT2D eigenvalue weighted by molar-refractivity contribution is 0.259. The van der Waals surface area contributed by atoms with Crippen LogP contribution >= 0.6 is 0 Å². The topological polar surface area (TPSA) is 9.23 Å². The Morgan fingerprint density at radius 3 is 2.69 bits per heavy atom. The molecule has 0 spiro atoms. The van der Waals surface area contributed by atoms with Gasteiger partial charge in [-0.15, -0.1) is 0 Å². The molecule has 0 aromatic rings. The zero-order valence-electron chi connectivity index (χ0n) is 9.18. The molecule has 76 valence electrons. The summed E-state index contributed by atoms with van der Waals surface area (Å²) in [5, 5.41) is 0. The minimum Gasteiger partial charge on any atom is -0.501 e. The van der Waals surface area contributed by atoms with E-state index in [1.165, 1.54) is 19.3 Å². The van der Waals surface area contributed by atoms with E-state index in [1.54, 1.807) is 13.2 Å². The lowest BCUT2D eigenvalue weighted by atomic mass is 9.99. The Morgan fingerprint density at radius 1 is 1.54 bits per heavy atom. The number of methoxy groups -OCH3 is 1. The fourth-order valence-corrected chi connectivity index (χ4v) is 1.35. The summed E-state index contributed by atoms with van der Waals surface area (Å²) in [6.07, 6.45) is 8.63. The van der Waals surface area contributed by atoms with E-state index < -0.39 is 0 Å². The van der Waals surface area contributed by atoms with Crippen molar-refractivity contribution in [1.82, 2.24) is 0 Å². The summed E-state index contributed by atoms with van der Waals surface area (Å²) >= 11 is 0. The van der Waals surface area contributed by atoms with E-state index in [4.69, 9.17) is 4.74 Å². The highest BCUT2D eigenvalue weighted by atomic mass is 16.5. The van der Waals surface area contributed by atoms with Crippen LogP contribution < -0.4 is 0 Å². The summed E-state index contributed by atoms with van der Waals surface area (Å²) in [6, 6.07) is 0. The number of ether oxygens (including phenoxy) is 1. The van der Waals surface area contributed by atoms with Crippen LogP contribution in [0.4, 0.5) is 0 Å². The Bertz CT molecular complexity index is 159. The lowest BCUT2D eigenvalue weighted by Crippen LogP contribution is -1.98. The average Bonchev–Trinajstić information content (AvgIpc) is 2.14. The van der Waals surface area contributed by atoms with Gasteiger partial charge in [0.15, 0.2) is 0 Å². The first-order valence-corrected chi connectivity index (χ1v) is 5.10. The van der Waals surface area contributed by atoms with Gasteiger partial charge in [0, 0.05) is 6.42 Å². The second kappa shape index (κ2) is 7.90. The van der Waals surface area contributed by atoms with Gasteiger partial charge in [0.1, 0.15) is 0 Å². The molecule has 0 aliphatic carbocycles. The Morgan fingerprint density at radius 2 is 2.23 bits per heavy atom. The maximum Gasteiger partial charge on any atom is 0.0957 e. The third kappa shape index (κ3) is 6.44. The molecule has 0 amide bonds. The fraction of sp³-hybridized carbons (Fsp3) is 0.667. The predicted molar refractivity (Wildman–Crippen MR) is 58.6 cm³/mol. The summed E-state index contributed by atoms with van der Waals surface area (Å²) < 4.78 is 5.23. The normalized spacial score (nSPS) is 13.9. The van der Waals surface area contributed by atoms with Gasteiger partial charge in [0.25, 0.3) is 0 Å². The Labute approximate surface area is 82.5 Å². The van der Waals surface area contributed by atoms with E-state index in [9.17, 15) is 0 Å². The van der Waals surface area contributed by atoms with Crippen LogP contribution in [-0.2, 0) is 4.74 Å². The summed E-state index contributed by atoms with van der Waals surface area (Å²) in [6.45, 7) is 8.16. The molecule has 0 aromatic carbocycles. The van der Waals surface area contributed by atoms with E-state index in [1.807, 2.05) is 6.08 Å². The highest BCUT2D eigenvalue weighted by molar-refractivity contribution is 5.04. The largest absolute Gasteiger partial charge is 0.501 e. The van der Waals surface area contributed by atoms with Gasteiger partial charge in [-0.2, -0.15) is 0 Å². The number of hydrogen-bond donors (Lipinski definition) is 0. The fourth-order valence-electron chi connectivity index (χ4n) is 1.35. The van der Waals surface area contributed by atoms with E-state index in [0.717, 1.165) is 12.2 Å². The van der Waals surface area contributed by atoms with Gasteiger partial charge in [-0.1, -0.05) is 45.8 Å². The van der Waals surface area contributed by atoms with Crippen LogP contribution in [0, 0.1) is 5.92 Å². The van der Waals surface area contributed by atoms with Crippen molar-refractivity contribution in [2.75, 3.05) is 7.11 Å². The SMILES string of the molecule is C=C/C=C(/CC(C)CCCC)OC. The molecule has 0 saturated carbocycles. The molecule has 1 atom stereocenters. The molecule has 0 heterocycles. The highest BCUT2D eigenvalue weighted by Crippen LogP contribution is 2.17. The van der Waals surface area contributed by atoms with Gasteiger partial charge < -0.3 is 4.74 Å². The third-order valence-electron chi connectivity index (χ3n) is 2.17. The van der Waals surface area contributed by atoms with Crippen molar-refractivity contribution in [3.05, 3.63) is 24.5 Å². The van der Waals surface area contributed by atoms with Crippen LogP contribution in [0.15, 0.2) is 24.5 Å². The van der Waals surface area contributed by atoms with Gasteiger partial charge >= 0.3 is 0 Å². The van der Waals surface area contributed by atoms with Crippen molar-refractivity contribution < 1.29 is 4.74 Å². The molecule has 0 saturated heterocycles. The van der Waals surface area contributed by atoms with Crippen molar-refractivity contribution in [1.29, 1.82) is 0 Å². The number of unbranched alkanes of at least 4 members (excludes halogenated alkanes) is 1. The van der Waals surface area contributed by atoms with E-state index >= 15 is 0 Å². The summed E-state index contributed by atoms with van der Waals surface area (Å²) in [5.41, 5.74) is 0. The summed E-state index contributed by atoms with van der Waals surface area (Å²) in [5.74, 6) is 1.75. The quantitative estimate of drug-likeness (QED) is 0.428. The van der Waals surface area contributed by atoms with Crippen molar-refractivity contribution in [3.63, 3.8) is 0 Å². The smallest absolute Gasteiger partial charge is 0.0957 e. The van der Waals surface area contributed by atoms with Gasteiger partial charge in [0.2, 0.25) is 0 Å². The van der Waals surface area contributed by atoms with Crippen molar-refractivity contribution in [2.24, 2.45) is 5.92 Å². The Kier molecular flexibility index (Phi) is 7.47. The molecule has 0 N–H and O–H groups in total. The molecular formula is C12H22O. The first-order chi connectivity index (χ1) is 6.24. The van der Waals surface area contributed by atoms with Gasteiger partial charge in [0.05, 0.1) is 12.9 Å². The average molecular weight is 182 g/mol. The van der Waals surface area contributed by atoms with E-state index in [2.05, 4.69) is 20.4 Å². The molecule has 0 aliphatic heterocycles. The Hall–Kier alpha value is -0.720. The first kappa shape index (κ1) is 12.3. The predicted octanol–water partition coefficient (Wildman–Crippen LogP) is 3.92. The molecule has 0 fully saturated rings. The van der Waals surface area contributed by atoms with Crippen LogP contribution in [0.1, 0.15) is 39.5 Å². The molecule has 0 aliphatic rings. The zero-order valence-corrected chi connectivity index (χ0v) is 9.18. The summed E-state index contributed by atoms with van der Waals surface area (Å²) in [7, 11) is 1.72. The third-order valence-corrected chi connectivity index (χ3v) is 2.17. The Balaban J connectivity index is 3.79. The molecule has 0 aromatic heterocycles.